The first kappa shape index (κ1) is 18.3. The molecule has 2 aromatic heterocycles. The van der Waals surface area contributed by atoms with Gasteiger partial charge in [0.05, 0.1) is 6.54 Å². The molecule has 4 fully saturated rings. The topological polar surface area (TPSA) is 56.3 Å². The van der Waals surface area contributed by atoms with Gasteiger partial charge in [0.2, 0.25) is 0 Å². The van der Waals surface area contributed by atoms with E-state index in [2.05, 4.69) is 31.6 Å². The minimum atomic E-state index is -2.65. The fourth-order valence-corrected chi connectivity index (χ4v) is 4.97. The standard InChI is InChI=1S/C22H26F2N6/c23-22(24)5-6-29(13-22)21-9-17(30-12-16-7-18(30)11-25-16)8-20(28-21)27-19-4-3-15(10-26-19)14-1-2-14/h3-4,8-10,14,16,18,25H,1-2,5-7,11-13H2,(H,26,27,28). The summed E-state index contributed by atoms with van der Waals surface area (Å²) in [5.41, 5.74) is 2.32. The van der Waals surface area contributed by atoms with Crippen molar-refractivity contribution in [3.8, 4) is 0 Å². The number of piperazine rings is 1. The second-order valence-electron chi connectivity index (χ2n) is 9.12. The van der Waals surface area contributed by atoms with Gasteiger partial charge >= 0.3 is 0 Å². The average Bonchev–Trinajstić information content (AvgIpc) is 3.19. The average molecular weight is 412 g/mol. The van der Waals surface area contributed by atoms with Crippen molar-refractivity contribution in [1.29, 1.82) is 0 Å². The van der Waals surface area contributed by atoms with Gasteiger partial charge in [0.15, 0.2) is 0 Å². The van der Waals surface area contributed by atoms with Gasteiger partial charge in [-0.1, -0.05) is 6.07 Å². The lowest BCUT2D eigenvalue weighted by atomic mass is 10.2. The van der Waals surface area contributed by atoms with E-state index in [0.717, 1.165) is 31.0 Å². The minimum Gasteiger partial charge on any atom is -0.365 e. The van der Waals surface area contributed by atoms with E-state index in [1.807, 2.05) is 24.4 Å². The zero-order chi connectivity index (χ0) is 20.3. The largest absolute Gasteiger partial charge is 0.365 e. The lowest BCUT2D eigenvalue weighted by molar-refractivity contribution is 0.0256. The maximum atomic E-state index is 13.8. The number of hydrogen-bond donors (Lipinski definition) is 2. The molecule has 1 aliphatic carbocycles. The van der Waals surface area contributed by atoms with E-state index in [9.17, 15) is 8.78 Å². The van der Waals surface area contributed by atoms with Gasteiger partial charge in [0.1, 0.15) is 17.5 Å². The van der Waals surface area contributed by atoms with Crippen molar-refractivity contribution in [2.75, 3.05) is 41.3 Å². The van der Waals surface area contributed by atoms with Crippen LogP contribution in [-0.2, 0) is 0 Å². The first-order chi connectivity index (χ1) is 14.5. The maximum absolute atomic E-state index is 13.8. The van der Waals surface area contributed by atoms with Crippen LogP contribution in [-0.4, -0.2) is 54.2 Å². The van der Waals surface area contributed by atoms with E-state index >= 15 is 0 Å². The number of aromatic nitrogens is 2. The highest BCUT2D eigenvalue weighted by molar-refractivity contribution is 5.67. The quantitative estimate of drug-likeness (QED) is 0.784. The van der Waals surface area contributed by atoms with E-state index in [-0.39, 0.29) is 13.0 Å². The Morgan fingerprint density at radius 1 is 1.17 bits per heavy atom. The van der Waals surface area contributed by atoms with Gasteiger partial charge in [0.25, 0.3) is 5.92 Å². The van der Waals surface area contributed by atoms with Crippen molar-refractivity contribution in [2.24, 2.45) is 0 Å². The molecule has 158 valence electrons. The summed E-state index contributed by atoms with van der Waals surface area (Å²) in [4.78, 5) is 13.3. The molecule has 3 saturated heterocycles. The number of nitrogens with one attached hydrogen (secondary N) is 2. The molecule has 5 heterocycles. The van der Waals surface area contributed by atoms with E-state index in [0.29, 0.717) is 36.2 Å². The predicted molar refractivity (Wildman–Crippen MR) is 113 cm³/mol. The first-order valence-electron chi connectivity index (χ1n) is 10.9. The zero-order valence-electron chi connectivity index (χ0n) is 16.8. The molecule has 1 saturated carbocycles. The van der Waals surface area contributed by atoms with E-state index in [4.69, 9.17) is 0 Å². The number of rotatable bonds is 5. The minimum absolute atomic E-state index is 0.121. The molecule has 0 amide bonds. The van der Waals surface area contributed by atoms with Crippen LogP contribution in [0, 0.1) is 0 Å². The Kier molecular flexibility index (Phi) is 4.13. The third kappa shape index (κ3) is 3.47. The van der Waals surface area contributed by atoms with Gasteiger partial charge in [-0.05, 0) is 36.8 Å². The molecule has 0 aromatic carbocycles. The smallest absolute Gasteiger partial charge is 0.266 e. The maximum Gasteiger partial charge on any atom is 0.266 e. The molecule has 4 aliphatic rings. The molecule has 2 bridgehead atoms. The van der Waals surface area contributed by atoms with Crippen LogP contribution in [0.3, 0.4) is 0 Å². The highest BCUT2D eigenvalue weighted by Gasteiger charge is 2.40. The Morgan fingerprint density at radius 3 is 2.70 bits per heavy atom. The third-order valence-corrected chi connectivity index (χ3v) is 6.77. The van der Waals surface area contributed by atoms with Crippen molar-refractivity contribution in [1.82, 2.24) is 15.3 Å². The third-order valence-electron chi connectivity index (χ3n) is 6.77. The Labute approximate surface area is 174 Å². The number of alkyl halides is 2. The van der Waals surface area contributed by atoms with Crippen LogP contribution in [0.1, 0.15) is 37.2 Å². The van der Waals surface area contributed by atoms with Gasteiger partial charge < -0.3 is 20.4 Å². The summed E-state index contributed by atoms with van der Waals surface area (Å²) in [5.74, 6) is 0.00175. The number of halogens is 2. The van der Waals surface area contributed by atoms with Crippen molar-refractivity contribution < 1.29 is 8.78 Å². The zero-order valence-corrected chi connectivity index (χ0v) is 16.8. The molecule has 2 unspecified atom stereocenters. The molecule has 0 radical (unpaired) electrons. The van der Waals surface area contributed by atoms with Gasteiger partial charge in [-0.25, -0.2) is 18.7 Å². The first-order valence-corrected chi connectivity index (χ1v) is 10.9. The summed E-state index contributed by atoms with van der Waals surface area (Å²) < 4.78 is 27.7. The molecular formula is C22H26F2N6. The monoisotopic (exact) mass is 412 g/mol. The molecule has 3 aliphatic heterocycles. The van der Waals surface area contributed by atoms with Crippen LogP contribution in [0.4, 0.5) is 31.9 Å². The molecule has 2 aromatic rings. The van der Waals surface area contributed by atoms with Crippen molar-refractivity contribution in [2.45, 2.75) is 49.6 Å². The summed E-state index contributed by atoms with van der Waals surface area (Å²) in [6.07, 6.45) is 5.43. The van der Waals surface area contributed by atoms with E-state index < -0.39 is 5.92 Å². The second-order valence-corrected chi connectivity index (χ2v) is 9.12. The Balaban J connectivity index is 1.30. The van der Waals surface area contributed by atoms with Gasteiger partial charge in [-0.3, -0.25) is 0 Å². The number of nitrogens with zero attached hydrogens (tertiary/aromatic N) is 4. The molecule has 6 rings (SSSR count). The van der Waals surface area contributed by atoms with Crippen LogP contribution in [0.25, 0.3) is 0 Å². The number of hydrogen-bond acceptors (Lipinski definition) is 6. The molecule has 2 atom stereocenters. The lowest BCUT2D eigenvalue weighted by Crippen LogP contribution is -2.43. The Morgan fingerprint density at radius 2 is 2.07 bits per heavy atom. The Bertz CT molecular complexity index is 945. The van der Waals surface area contributed by atoms with Crippen molar-refractivity contribution in [3.63, 3.8) is 0 Å². The number of pyridine rings is 2. The lowest BCUT2D eigenvalue weighted by Gasteiger charge is -2.31. The second kappa shape index (κ2) is 6.77. The summed E-state index contributed by atoms with van der Waals surface area (Å²) in [6.45, 7) is 1.96. The SMILES string of the molecule is FC1(F)CCN(c2cc(N3CC4CC3CN4)cc(Nc3ccc(C4CC4)cn3)n2)C1. The van der Waals surface area contributed by atoms with Gasteiger partial charge in [-0.2, -0.15) is 0 Å². The molecule has 6 nitrogen and oxygen atoms in total. The highest BCUT2D eigenvalue weighted by Crippen LogP contribution is 2.40. The van der Waals surface area contributed by atoms with Crippen LogP contribution in [0.2, 0.25) is 0 Å². The number of anilines is 4. The van der Waals surface area contributed by atoms with Gasteiger partial charge in [-0.15, -0.1) is 0 Å². The summed E-state index contributed by atoms with van der Waals surface area (Å²) in [6, 6.07) is 9.05. The normalized spacial score (nSPS) is 27.1. The Hall–Kier alpha value is -2.48. The fourth-order valence-electron chi connectivity index (χ4n) is 4.97. The van der Waals surface area contributed by atoms with E-state index in [1.165, 1.54) is 18.4 Å². The molecule has 2 N–H and O–H groups in total. The van der Waals surface area contributed by atoms with Crippen LogP contribution < -0.4 is 20.4 Å². The van der Waals surface area contributed by atoms with Crippen molar-refractivity contribution >= 4 is 23.1 Å². The van der Waals surface area contributed by atoms with Crippen LogP contribution in [0.5, 0.6) is 0 Å². The fraction of sp³-hybridized carbons (Fsp3) is 0.545. The highest BCUT2D eigenvalue weighted by atomic mass is 19.3. The summed E-state index contributed by atoms with van der Waals surface area (Å²) in [7, 11) is 0. The van der Waals surface area contributed by atoms with Crippen LogP contribution in [0.15, 0.2) is 30.5 Å². The van der Waals surface area contributed by atoms with E-state index in [1.54, 1.807) is 4.90 Å². The summed E-state index contributed by atoms with van der Waals surface area (Å²) in [5, 5.41) is 6.82. The number of fused-ring (bicyclic) bond motifs is 2. The van der Waals surface area contributed by atoms with Gasteiger partial charge in [0, 0.05) is 62.2 Å². The van der Waals surface area contributed by atoms with Crippen molar-refractivity contribution in [3.05, 3.63) is 36.0 Å². The summed E-state index contributed by atoms with van der Waals surface area (Å²) >= 11 is 0. The molecular weight excluding hydrogens is 386 g/mol. The molecule has 30 heavy (non-hydrogen) atoms. The molecule has 0 spiro atoms. The van der Waals surface area contributed by atoms with Crippen LogP contribution >= 0.6 is 0 Å². The molecule has 8 heteroatoms. The predicted octanol–water partition coefficient (Wildman–Crippen LogP) is 3.49.